The maximum absolute atomic E-state index is 8.83. The molecule has 18 heavy (non-hydrogen) atoms. The van der Waals surface area contributed by atoms with E-state index in [2.05, 4.69) is 19.1 Å². The molecule has 0 aliphatic heterocycles. The molecule has 3 nitrogen and oxygen atoms in total. The smallest absolute Gasteiger partial charge is 0.0992 e. The summed E-state index contributed by atoms with van der Waals surface area (Å²) in [4.78, 5) is 2.03. The number of anilines is 3. The predicted molar refractivity (Wildman–Crippen MR) is 74.8 cm³/mol. The van der Waals surface area contributed by atoms with E-state index in [0.717, 1.165) is 11.4 Å². The first kappa shape index (κ1) is 12.0. The summed E-state index contributed by atoms with van der Waals surface area (Å²) in [5.74, 6) is 0. The van der Waals surface area contributed by atoms with Crippen LogP contribution in [0.4, 0.5) is 17.1 Å². The topological polar surface area (TPSA) is 53.0 Å². The van der Waals surface area contributed by atoms with Gasteiger partial charge in [-0.3, -0.25) is 0 Å². The van der Waals surface area contributed by atoms with Crippen molar-refractivity contribution in [3.8, 4) is 6.07 Å². The van der Waals surface area contributed by atoms with Crippen molar-refractivity contribution < 1.29 is 0 Å². The van der Waals surface area contributed by atoms with Crippen LogP contribution in [0.5, 0.6) is 0 Å². The molecule has 0 aliphatic carbocycles. The molecule has 0 atom stereocenters. The number of nitrogen functional groups attached to an aromatic ring is 1. The fourth-order valence-corrected chi connectivity index (χ4v) is 2.00. The van der Waals surface area contributed by atoms with Gasteiger partial charge in [0, 0.05) is 12.7 Å². The van der Waals surface area contributed by atoms with Gasteiger partial charge in [-0.1, -0.05) is 18.2 Å². The molecule has 3 heteroatoms. The van der Waals surface area contributed by atoms with Crippen LogP contribution >= 0.6 is 0 Å². The number of nitrogens with zero attached hydrogens (tertiary/aromatic N) is 2. The van der Waals surface area contributed by atoms with Gasteiger partial charge < -0.3 is 10.6 Å². The van der Waals surface area contributed by atoms with E-state index in [9.17, 15) is 0 Å². The summed E-state index contributed by atoms with van der Waals surface area (Å²) in [6.07, 6.45) is 0. The number of benzene rings is 2. The zero-order chi connectivity index (χ0) is 13.1. The number of nitrogens with two attached hydrogens (primary N) is 1. The van der Waals surface area contributed by atoms with Crippen LogP contribution in [0, 0.1) is 18.3 Å². The highest BCUT2D eigenvalue weighted by molar-refractivity contribution is 5.76. The zero-order valence-corrected chi connectivity index (χ0v) is 10.5. The summed E-state index contributed by atoms with van der Waals surface area (Å²) in [7, 11) is 1.97. The molecule has 0 spiro atoms. The van der Waals surface area contributed by atoms with E-state index in [-0.39, 0.29) is 0 Å². The molecule has 0 unspecified atom stereocenters. The summed E-state index contributed by atoms with van der Waals surface area (Å²) in [6.45, 7) is 2.06. The lowest BCUT2D eigenvalue weighted by atomic mass is 10.1. The molecule has 0 fully saturated rings. The van der Waals surface area contributed by atoms with Crippen LogP contribution < -0.4 is 10.6 Å². The SMILES string of the molecule is Cc1ccccc1N(C)c1ccc(C#N)cc1N. The molecule has 0 amide bonds. The summed E-state index contributed by atoms with van der Waals surface area (Å²) in [5.41, 5.74) is 10.4. The van der Waals surface area contributed by atoms with Crippen molar-refractivity contribution in [3.63, 3.8) is 0 Å². The Balaban J connectivity index is 2.44. The van der Waals surface area contributed by atoms with Gasteiger partial charge in [-0.05, 0) is 36.8 Å². The molecule has 0 saturated carbocycles. The van der Waals surface area contributed by atoms with Crippen LogP contribution in [0.1, 0.15) is 11.1 Å². The Hall–Kier alpha value is -2.47. The summed E-state index contributed by atoms with van der Waals surface area (Å²) < 4.78 is 0. The minimum atomic E-state index is 0.578. The fourth-order valence-electron chi connectivity index (χ4n) is 2.00. The molecule has 0 radical (unpaired) electrons. The Morgan fingerprint density at radius 2 is 1.83 bits per heavy atom. The summed E-state index contributed by atoms with van der Waals surface area (Å²) in [6, 6.07) is 15.6. The van der Waals surface area contributed by atoms with Crippen molar-refractivity contribution in [3.05, 3.63) is 53.6 Å². The Kier molecular flexibility index (Phi) is 3.20. The molecular weight excluding hydrogens is 222 g/mol. The van der Waals surface area contributed by atoms with Gasteiger partial charge in [0.15, 0.2) is 0 Å². The van der Waals surface area contributed by atoms with Gasteiger partial charge in [0.2, 0.25) is 0 Å². The third kappa shape index (κ3) is 2.14. The third-order valence-corrected chi connectivity index (χ3v) is 2.99. The molecule has 2 aromatic rings. The Bertz CT molecular complexity index is 611. The number of hydrogen-bond donors (Lipinski definition) is 1. The molecule has 2 N–H and O–H groups in total. The quantitative estimate of drug-likeness (QED) is 0.816. The second-order valence-corrected chi connectivity index (χ2v) is 4.23. The van der Waals surface area contributed by atoms with E-state index < -0.39 is 0 Å². The Morgan fingerprint density at radius 1 is 1.11 bits per heavy atom. The maximum atomic E-state index is 8.83. The predicted octanol–water partition coefficient (Wildman–Crippen LogP) is 3.22. The van der Waals surface area contributed by atoms with Crippen LogP contribution in [-0.2, 0) is 0 Å². The van der Waals surface area contributed by atoms with Crippen molar-refractivity contribution in [2.75, 3.05) is 17.7 Å². The first-order valence-corrected chi connectivity index (χ1v) is 5.72. The first-order valence-electron chi connectivity index (χ1n) is 5.72. The highest BCUT2D eigenvalue weighted by Crippen LogP contribution is 2.31. The number of para-hydroxylation sites is 1. The first-order chi connectivity index (χ1) is 8.63. The number of nitriles is 1. The third-order valence-electron chi connectivity index (χ3n) is 2.99. The minimum absolute atomic E-state index is 0.578. The van der Waals surface area contributed by atoms with Gasteiger partial charge in [-0.2, -0.15) is 5.26 Å². The lowest BCUT2D eigenvalue weighted by Gasteiger charge is -2.23. The number of rotatable bonds is 2. The van der Waals surface area contributed by atoms with E-state index in [0.29, 0.717) is 11.3 Å². The average molecular weight is 237 g/mol. The van der Waals surface area contributed by atoms with Crippen LogP contribution in [0.3, 0.4) is 0 Å². The van der Waals surface area contributed by atoms with Crippen molar-refractivity contribution in [2.45, 2.75) is 6.92 Å². The monoisotopic (exact) mass is 237 g/mol. The number of hydrogen-bond acceptors (Lipinski definition) is 3. The summed E-state index contributed by atoms with van der Waals surface area (Å²) in [5, 5.41) is 8.83. The molecule has 2 aromatic carbocycles. The van der Waals surface area contributed by atoms with Gasteiger partial charge >= 0.3 is 0 Å². The van der Waals surface area contributed by atoms with Gasteiger partial charge in [0.25, 0.3) is 0 Å². The van der Waals surface area contributed by atoms with Crippen LogP contribution in [0.2, 0.25) is 0 Å². The zero-order valence-electron chi connectivity index (χ0n) is 10.5. The largest absolute Gasteiger partial charge is 0.397 e. The molecule has 0 aromatic heterocycles. The van der Waals surface area contributed by atoms with Crippen molar-refractivity contribution in [2.24, 2.45) is 0 Å². The maximum Gasteiger partial charge on any atom is 0.0992 e. The molecule has 0 heterocycles. The van der Waals surface area contributed by atoms with Gasteiger partial charge in [-0.25, -0.2) is 0 Å². The highest BCUT2D eigenvalue weighted by Gasteiger charge is 2.09. The van der Waals surface area contributed by atoms with E-state index >= 15 is 0 Å². The molecular formula is C15H15N3. The molecule has 2 rings (SSSR count). The van der Waals surface area contributed by atoms with Crippen molar-refractivity contribution in [1.82, 2.24) is 0 Å². The van der Waals surface area contributed by atoms with Crippen molar-refractivity contribution in [1.29, 1.82) is 5.26 Å². The van der Waals surface area contributed by atoms with Gasteiger partial charge in [0.1, 0.15) is 0 Å². The van der Waals surface area contributed by atoms with Crippen LogP contribution in [-0.4, -0.2) is 7.05 Å². The lowest BCUT2D eigenvalue weighted by molar-refractivity contribution is 1.19. The highest BCUT2D eigenvalue weighted by atomic mass is 15.1. The molecule has 0 aliphatic rings. The normalized spacial score (nSPS) is 9.83. The number of aryl methyl sites for hydroxylation is 1. The van der Waals surface area contributed by atoms with Gasteiger partial charge in [0.05, 0.1) is 23.0 Å². The fraction of sp³-hybridized carbons (Fsp3) is 0.133. The van der Waals surface area contributed by atoms with E-state index in [1.165, 1.54) is 5.56 Å². The minimum Gasteiger partial charge on any atom is -0.397 e. The van der Waals surface area contributed by atoms with E-state index in [1.54, 1.807) is 12.1 Å². The van der Waals surface area contributed by atoms with Gasteiger partial charge in [-0.15, -0.1) is 0 Å². The van der Waals surface area contributed by atoms with Crippen molar-refractivity contribution >= 4 is 17.1 Å². The Labute approximate surface area is 107 Å². The second kappa shape index (κ2) is 4.80. The average Bonchev–Trinajstić information content (AvgIpc) is 2.38. The summed E-state index contributed by atoms with van der Waals surface area (Å²) >= 11 is 0. The standard InChI is InChI=1S/C15H15N3/c1-11-5-3-4-6-14(11)18(2)15-8-7-12(10-16)9-13(15)17/h3-9H,17H2,1-2H3. The molecule has 0 saturated heterocycles. The van der Waals surface area contributed by atoms with Crippen LogP contribution in [0.15, 0.2) is 42.5 Å². The molecule has 90 valence electrons. The Morgan fingerprint density at radius 3 is 2.44 bits per heavy atom. The van der Waals surface area contributed by atoms with Crippen LogP contribution in [0.25, 0.3) is 0 Å². The van der Waals surface area contributed by atoms with E-state index in [1.807, 2.05) is 36.2 Å². The molecule has 0 bridgehead atoms. The van der Waals surface area contributed by atoms with E-state index in [4.69, 9.17) is 11.0 Å². The lowest BCUT2D eigenvalue weighted by Crippen LogP contribution is -2.12. The second-order valence-electron chi connectivity index (χ2n) is 4.23.